The lowest BCUT2D eigenvalue weighted by atomic mass is 10.1. The molecule has 1 N–H and O–H groups in total. The molecule has 0 aliphatic carbocycles. The minimum atomic E-state index is -3.47. The van der Waals surface area contributed by atoms with E-state index >= 15 is 0 Å². The smallest absolute Gasteiger partial charge is 0.181 e. The molecular formula is C15H16O3S. The monoisotopic (exact) mass is 276 g/mol. The molecule has 0 unspecified atom stereocenters. The topological polar surface area (TPSA) is 54.4 Å². The number of rotatable bonds is 4. The van der Waals surface area contributed by atoms with Crippen LogP contribution in [0.5, 0.6) is 0 Å². The molecule has 4 heteroatoms. The standard InChI is InChI=1S/C15H16O3S/c1-12-7-9-14(10-8-12)19(17,18)11-15(16)13-5-3-2-4-6-13/h2-10,15-16H,11H2,1H3/t15-/m1/s1. The van der Waals surface area contributed by atoms with Crippen LogP contribution in [0.2, 0.25) is 0 Å². The van der Waals surface area contributed by atoms with Crippen LogP contribution < -0.4 is 0 Å². The second-order valence-electron chi connectivity index (χ2n) is 4.52. The zero-order valence-corrected chi connectivity index (χ0v) is 11.5. The van der Waals surface area contributed by atoms with Gasteiger partial charge in [-0.3, -0.25) is 0 Å². The first-order chi connectivity index (χ1) is 8.99. The predicted molar refractivity (Wildman–Crippen MR) is 74.6 cm³/mol. The molecule has 0 spiro atoms. The fourth-order valence-corrected chi connectivity index (χ4v) is 3.17. The molecule has 0 heterocycles. The Kier molecular flexibility index (Phi) is 4.02. The quantitative estimate of drug-likeness (QED) is 0.933. The third-order valence-electron chi connectivity index (χ3n) is 2.94. The van der Waals surface area contributed by atoms with Crippen molar-refractivity contribution in [2.45, 2.75) is 17.9 Å². The van der Waals surface area contributed by atoms with E-state index in [9.17, 15) is 13.5 Å². The Hall–Kier alpha value is -1.65. The fourth-order valence-electron chi connectivity index (χ4n) is 1.82. The number of hydrogen-bond donors (Lipinski definition) is 1. The number of aliphatic hydroxyl groups excluding tert-OH is 1. The van der Waals surface area contributed by atoms with Gasteiger partial charge in [-0.2, -0.15) is 0 Å². The van der Waals surface area contributed by atoms with Crippen LogP contribution >= 0.6 is 0 Å². The van der Waals surface area contributed by atoms with Crippen LogP contribution in [-0.4, -0.2) is 19.3 Å². The summed E-state index contributed by atoms with van der Waals surface area (Å²) in [6.45, 7) is 1.90. The van der Waals surface area contributed by atoms with Gasteiger partial charge in [-0.05, 0) is 24.6 Å². The molecule has 0 aliphatic heterocycles. The van der Waals surface area contributed by atoms with E-state index < -0.39 is 15.9 Å². The summed E-state index contributed by atoms with van der Waals surface area (Å²) >= 11 is 0. The van der Waals surface area contributed by atoms with Crippen molar-refractivity contribution in [2.24, 2.45) is 0 Å². The maximum absolute atomic E-state index is 12.2. The first-order valence-electron chi connectivity index (χ1n) is 6.01. The number of aliphatic hydroxyl groups is 1. The highest BCUT2D eigenvalue weighted by Crippen LogP contribution is 2.20. The molecule has 3 nitrogen and oxygen atoms in total. The molecule has 0 aliphatic rings. The van der Waals surface area contributed by atoms with E-state index in [0.717, 1.165) is 5.56 Å². The number of sulfone groups is 1. The fraction of sp³-hybridized carbons (Fsp3) is 0.200. The molecule has 1 atom stereocenters. The first-order valence-corrected chi connectivity index (χ1v) is 7.67. The second-order valence-corrected chi connectivity index (χ2v) is 6.56. The zero-order chi connectivity index (χ0) is 13.9. The molecule has 0 saturated carbocycles. The average Bonchev–Trinajstić information content (AvgIpc) is 2.40. The molecule has 0 aromatic heterocycles. The molecule has 0 radical (unpaired) electrons. The van der Waals surface area contributed by atoms with Crippen LogP contribution in [0.25, 0.3) is 0 Å². The van der Waals surface area contributed by atoms with Crippen LogP contribution in [0.4, 0.5) is 0 Å². The van der Waals surface area contributed by atoms with Crippen molar-refractivity contribution in [3.63, 3.8) is 0 Å². The largest absolute Gasteiger partial charge is 0.387 e. The first kappa shape index (κ1) is 13.8. The van der Waals surface area contributed by atoms with Crippen LogP contribution in [0, 0.1) is 6.92 Å². The van der Waals surface area contributed by atoms with Crippen molar-refractivity contribution in [1.82, 2.24) is 0 Å². The lowest BCUT2D eigenvalue weighted by Gasteiger charge is -2.11. The lowest BCUT2D eigenvalue weighted by molar-refractivity contribution is 0.201. The third kappa shape index (κ3) is 3.43. The van der Waals surface area contributed by atoms with Crippen molar-refractivity contribution in [3.05, 3.63) is 65.7 Å². The van der Waals surface area contributed by atoms with Crippen LogP contribution in [0.3, 0.4) is 0 Å². The van der Waals surface area contributed by atoms with Gasteiger partial charge in [0.05, 0.1) is 16.8 Å². The molecule has 0 saturated heterocycles. The summed E-state index contributed by atoms with van der Waals surface area (Å²) in [6.07, 6.45) is -1.01. The molecule has 19 heavy (non-hydrogen) atoms. The summed E-state index contributed by atoms with van der Waals surface area (Å²) in [4.78, 5) is 0.244. The van der Waals surface area contributed by atoms with Crippen molar-refractivity contribution in [3.8, 4) is 0 Å². The van der Waals surface area contributed by atoms with E-state index in [-0.39, 0.29) is 10.6 Å². The molecule has 0 fully saturated rings. The summed E-state index contributed by atoms with van der Waals surface area (Å²) in [5, 5.41) is 9.99. The van der Waals surface area contributed by atoms with Gasteiger partial charge in [0, 0.05) is 0 Å². The van der Waals surface area contributed by atoms with Gasteiger partial charge in [0.25, 0.3) is 0 Å². The van der Waals surface area contributed by atoms with Gasteiger partial charge in [0.2, 0.25) is 0 Å². The number of hydrogen-bond acceptors (Lipinski definition) is 3. The van der Waals surface area contributed by atoms with E-state index in [0.29, 0.717) is 5.56 Å². The normalized spacial score (nSPS) is 13.2. The predicted octanol–water partition coefficient (Wildman–Crippen LogP) is 2.50. The summed E-state index contributed by atoms with van der Waals surface area (Å²) in [5.74, 6) is -0.305. The Morgan fingerprint density at radius 3 is 2.16 bits per heavy atom. The van der Waals surface area contributed by atoms with Gasteiger partial charge in [-0.25, -0.2) is 8.42 Å². The molecule has 0 bridgehead atoms. The van der Waals surface area contributed by atoms with Crippen molar-refractivity contribution in [2.75, 3.05) is 5.75 Å². The Morgan fingerprint density at radius 1 is 1.00 bits per heavy atom. The number of aryl methyl sites for hydroxylation is 1. The molecule has 2 aromatic rings. The Bertz CT molecular complexity index is 631. The third-order valence-corrected chi connectivity index (χ3v) is 4.69. The maximum Gasteiger partial charge on any atom is 0.181 e. The SMILES string of the molecule is Cc1ccc(S(=O)(=O)C[C@@H](O)c2ccccc2)cc1. The van der Waals surface area contributed by atoms with Crippen molar-refractivity contribution >= 4 is 9.84 Å². The van der Waals surface area contributed by atoms with Gasteiger partial charge >= 0.3 is 0 Å². The van der Waals surface area contributed by atoms with Gasteiger partial charge in [0.15, 0.2) is 9.84 Å². The second kappa shape index (κ2) is 5.55. The van der Waals surface area contributed by atoms with Gasteiger partial charge < -0.3 is 5.11 Å². The molecule has 2 rings (SSSR count). The van der Waals surface area contributed by atoms with Crippen molar-refractivity contribution in [1.29, 1.82) is 0 Å². The molecule has 2 aromatic carbocycles. The highest BCUT2D eigenvalue weighted by atomic mass is 32.2. The Morgan fingerprint density at radius 2 is 1.58 bits per heavy atom. The average molecular weight is 276 g/mol. The molecular weight excluding hydrogens is 260 g/mol. The Balaban J connectivity index is 2.20. The summed E-state index contributed by atoms with van der Waals surface area (Å²) in [6, 6.07) is 15.5. The lowest BCUT2D eigenvalue weighted by Crippen LogP contribution is -2.14. The minimum Gasteiger partial charge on any atom is -0.387 e. The van der Waals surface area contributed by atoms with Crippen LogP contribution in [0.1, 0.15) is 17.2 Å². The summed E-state index contributed by atoms with van der Waals surface area (Å²) < 4.78 is 24.3. The van der Waals surface area contributed by atoms with E-state index in [1.54, 1.807) is 48.5 Å². The Labute approximate surface area is 113 Å². The highest BCUT2D eigenvalue weighted by molar-refractivity contribution is 7.91. The molecule has 100 valence electrons. The summed E-state index contributed by atoms with van der Waals surface area (Å²) in [5.41, 5.74) is 1.61. The van der Waals surface area contributed by atoms with Crippen LogP contribution in [0.15, 0.2) is 59.5 Å². The van der Waals surface area contributed by atoms with E-state index in [2.05, 4.69) is 0 Å². The molecule has 0 amide bonds. The van der Waals surface area contributed by atoms with E-state index in [1.807, 2.05) is 13.0 Å². The van der Waals surface area contributed by atoms with Crippen molar-refractivity contribution < 1.29 is 13.5 Å². The number of benzene rings is 2. The minimum absolute atomic E-state index is 0.244. The van der Waals surface area contributed by atoms with E-state index in [4.69, 9.17) is 0 Å². The van der Waals surface area contributed by atoms with E-state index in [1.165, 1.54) is 0 Å². The van der Waals surface area contributed by atoms with Gasteiger partial charge in [-0.1, -0.05) is 48.0 Å². The van der Waals surface area contributed by atoms with Gasteiger partial charge in [-0.15, -0.1) is 0 Å². The van der Waals surface area contributed by atoms with Gasteiger partial charge in [0.1, 0.15) is 0 Å². The maximum atomic E-state index is 12.2. The summed E-state index contributed by atoms with van der Waals surface area (Å²) in [7, 11) is -3.47. The van der Waals surface area contributed by atoms with Crippen LogP contribution in [-0.2, 0) is 9.84 Å². The highest BCUT2D eigenvalue weighted by Gasteiger charge is 2.20. The zero-order valence-electron chi connectivity index (χ0n) is 10.7.